The second kappa shape index (κ2) is 11.9. The SMILES string of the molecule is Cc1cc(OCCCc2c3n(c4c(-c5c(C)nn(C)c5C)c(Cl)ccc24)CCN(Cc2ccc(C(=O)O)o2)C3=O)cc(C)c1Cl. The number of furan rings is 1. The Morgan fingerprint density at radius 3 is 2.42 bits per heavy atom. The first kappa shape index (κ1) is 30.8. The molecule has 1 N–H and O–H groups in total. The quantitative estimate of drug-likeness (QED) is 0.166. The predicted molar refractivity (Wildman–Crippen MR) is 174 cm³/mol. The molecule has 0 aliphatic carbocycles. The smallest absolute Gasteiger partial charge is 0.371 e. The molecule has 45 heavy (non-hydrogen) atoms. The number of carbonyl (C=O) groups excluding carboxylic acids is 1. The van der Waals surface area contributed by atoms with Gasteiger partial charge in [-0.2, -0.15) is 5.10 Å². The maximum atomic E-state index is 14.2. The number of aromatic nitrogens is 3. The van der Waals surface area contributed by atoms with Crippen LogP contribution in [-0.2, 0) is 26.6 Å². The molecule has 0 atom stereocenters. The fourth-order valence-corrected chi connectivity index (χ4v) is 6.76. The predicted octanol–water partition coefficient (Wildman–Crippen LogP) is 7.54. The van der Waals surface area contributed by atoms with Crippen LogP contribution in [0.4, 0.5) is 0 Å². The highest BCUT2D eigenvalue weighted by Crippen LogP contribution is 2.43. The van der Waals surface area contributed by atoms with Gasteiger partial charge in [0.25, 0.3) is 5.91 Å². The molecule has 1 amide bonds. The van der Waals surface area contributed by atoms with E-state index in [0.29, 0.717) is 49.0 Å². The summed E-state index contributed by atoms with van der Waals surface area (Å²) in [7, 11) is 1.91. The van der Waals surface area contributed by atoms with Crippen LogP contribution in [0.2, 0.25) is 10.0 Å². The summed E-state index contributed by atoms with van der Waals surface area (Å²) < 4.78 is 15.5. The maximum Gasteiger partial charge on any atom is 0.371 e. The highest BCUT2D eigenvalue weighted by Gasteiger charge is 2.33. The standard InChI is InChI=1S/C34H34Cl2N4O5/c1-18-15-23(16-19(2)30(18)36)44-14-6-7-24-25-9-10-26(35)29(28-20(3)37-38(5)21(28)4)31(25)40-13-12-39(33(41)32(24)40)17-22-8-11-27(45-22)34(42)43/h8-11,15-16H,6-7,12-14,17H2,1-5H3,(H,42,43). The number of hydrogen-bond acceptors (Lipinski definition) is 5. The lowest BCUT2D eigenvalue weighted by Gasteiger charge is -2.29. The molecule has 0 saturated heterocycles. The highest BCUT2D eigenvalue weighted by molar-refractivity contribution is 6.35. The number of carbonyl (C=O) groups is 2. The van der Waals surface area contributed by atoms with Crippen molar-refractivity contribution in [2.75, 3.05) is 13.2 Å². The van der Waals surface area contributed by atoms with E-state index in [9.17, 15) is 14.7 Å². The lowest BCUT2D eigenvalue weighted by molar-refractivity contribution is 0.0649. The van der Waals surface area contributed by atoms with Crippen LogP contribution in [0.25, 0.3) is 22.0 Å². The van der Waals surface area contributed by atoms with Crippen molar-refractivity contribution in [3.8, 4) is 16.9 Å². The fourth-order valence-electron chi connectivity index (χ4n) is 6.40. The van der Waals surface area contributed by atoms with Crippen molar-refractivity contribution in [1.29, 1.82) is 0 Å². The Morgan fingerprint density at radius 1 is 1.04 bits per heavy atom. The summed E-state index contributed by atoms with van der Waals surface area (Å²) in [6.07, 6.45) is 1.27. The van der Waals surface area contributed by atoms with Crippen molar-refractivity contribution in [3.63, 3.8) is 0 Å². The molecule has 5 aromatic rings. The third kappa shape index (κ3) is 5.48. The van der Waals surface area contributed by atoms with E-state index >= 15 is 0 Å². The van der Waals surface area contributed by atoms with Crippen LogP contribution >= 0.6 is 23.2 Å². The average molecular weight is 650 g/mol. The summed E-state index contributed by atoms with van der Waals surface area (Å²) in [6.45, 7) is 9.49. The number of rotatable bonds is 9. The molecule has 1 aliphatic heterocycles. The number of carboxylic acid groups (broad SMARTS) is 1. The number of amides is 1. The largest absolute Gasteiger partial charge is 0.494 e. The first-order valence-corrected chi connectivity index (χ1v) is 15.6. The second-order valence-corrected chi connectivity index (χ2v) is 12.4. The monoisotopic (exact) mass is 648 g/mol. The molecule has 0 bridgehead atoms. The molecule has 9 nitrogen and oxygen atoms in total. The zero-order chi connectivity index (χ0) is 32.2. The van der Waals surface area contributed by atoms with Gasteiger partial charge in [0.2, 0.25) is 5.76 Å². The highest BCUT2D eigenvalue weighted by atomic mass is 35.5. The topological polar surface area (TPSA) is 103 Å². The van der Waals surface area contributed by atoms with E-state index < -0.39 is 5.97 Å². The van der Waals surface area contributed by atoms with E-state index in [1.54, 1.807) is 11.0 Å². The van der Waals surface area contributed by atoms with Gasteiger partial charge >= 0.3 is 5.97 Å². The number of ether oxygens (including phenoxy) is 1. The first-order valence-electron chi connectivity index (χ1n) is 14.8. The van der Waals surface area contributed by atoms with Gasteiger partial charge in [0, 0.05) is 47.4 Å². The molecule has 3 aromatic heterocycles. The number of nitrogens with zero attached hydrogens (tertiary/aromatic N) is 4. The van der Waals surface area contributed by atoms with Crippen LogP contribution in [0.3, 0.4) is 0 Å². The van der Waals surface area contributed by atoms with Crippen molar-refractivity contribution in [2.24, 2.45) is 7.05 Å². The van der Waals surface area contributed by atoms with Gasteiger partial charge in [-0.1, -0.05) is 29.3 Å². The van der Waals surface area contributed by atoms with E-state index in [-0.39, 0.29) is 18.2 Å². The van der Waals surface area contributed by atoms with Crippen molar-refractivity contribution < 1.29 is 23.8 Å². The lowest BCUT2D eigenvalue weighted by Crippen LogP contribution is -2.40. The van der Waals surface area contributed by atoms with Crippen molar-refractivity contribution in [2.45, 2.75) is 53.6 Å². The Bertz CT molecular complexity index is 1960. The average Bonchev–Trinajstić information content (AvgIpc) is 3.66. The molecule has 0 radical (unpaired) electrons. The van der Waals surface area contributed by atoms with Gasteiger partial charge in [-0.15, -0.1) is 0 Å². The Hall–Kier alpha value is -4.21. The van der Waals surface area contributed by atoms with Crippen molar-refractivity contribution >= 4 is 46.0 Å². The third-order valence-corrected chi connectivity index (χ3v) is 9.50. The van der Waals surface area contributed by atoms with Gasteiger partial charge in [-0.05, 0) is 87.6 Å². The van der Waals surface area contributed by atoms with Crippen LogP contribution < -0.4 is 4.74 Å². The molecule has 234 valence electrons. The van der Waals surface area contributed by atoms with Gasteiger partial charge in [-0.3, -0.25) is 9.48 Å². The van der Waals surface area contributed by atoms with Gasteiger partial charge in [-0.25, -0.2) is 4.79 Å². The van der Waals surface area contributed by atoms with Crippen LogP contribution in [0.5, 0.6) is 5.75 Å². The molecule has 0 saturated carbocycles. The van der Waals surface area contributed by atoms with E-state index in [1.807, 2.05) is 63.7 Å². The Kier molecular flexibility index (Phi) is 8.18. The van der Waals surface area contributed by atoms with Gasteiger partial charge in [0.05, 0.1) is 29.4 Å². The van der Waals surface area contributed by atoms with Gasteiger partial charge < -0.3 is 23.7 Å². The minimum atomic E-state index is -1.15. The summed E-state index contributed by atoms with van der Waals surface area (Å²) in [6, 6.07) is 10.8. The molecule has 1 aliphatic rings. The van der Waals surface area contributed by atoms with Crippen LogP contribution in [0.15, 0.2) is 40.8 Å². The number of aromatic carboxylic acids is 1. The zero-order valence-electron chi connectivity index (χ0n) is 25.8. The molecule has 0 unspecified atom stereocenters. The molecule has 0 fully saturated rings. The Balaban J connectivity index is 1.40. The van der Waals surface area contributed by atoms with Gasteiger partial charge in [0.15, 0.2) is 0 Å². The summed E-state index contributed by atoms with van der Waals surface area (Å²) in [4.78, 5) is 27.3. The number of benzene rings is 2. The van der Waals surface area contributed by atoms with E-state index in [1.165, 1.54) is 6.07 Å². The van der Waals surface area contributed by atoms with E-state index in [2.05, 4.69) is 9.67 Å². The molecular weight excluding hydrogens is 615 g/mol. The number of aryl methyl sites for hydroxylation is 5. The minimum Gasteiger partial charge on any atom is -0.494 e. The Morgan fingerprint density at radius 2 is 1.78 bits per heavy atom. The molecule has 0 spiro atoms. The van der Waals surface area contributed by atoms with Crippen molar-refractivity contribution in [3.05, 3.63) is 91.7 Å². The first-order chi connectivity index (χ1) is 21.5. The summed E-state index contributed by atoms with van der Waals surface area (Å²) in [5.41, 5.74) is 8.03. The maximum absolute atomic E-state index is 14.2. The normalized spacial score (nSPS) is 13.1. The third-order valence-electron chi connectivity index (χ3n) is 8.59. The lowest BCUT2D eigenvalue weighted by atomic mass is 9.98. The van der Waals surface area contributed by atoms with E-state index in [4.69, 9.17) is 32.4 Å². The molecule has 2 aromatic carbocycles. The zero-order valence-corrected chi connectivity index (χ0v) is 27.3. The van der Waals surface area contributed by atoms with Crippen LogP contribution in [0.1, 0.15) is 61.3 Å². The number of fused-ring (bicyclic) bond motifs is 3. The van der Waals surface area contributed by atoms with Crippen LogP contribution in [-0.4, -0.2) is 49.4 Å². The van der Waals surface area contributed by atoms with Gasteiger partial charge in [0.1, 0.15) is 17.2 Å². The minimum absolute atomic E-state index is 0.146. The van der Waals surface area contributed by atoms with E-state index in [0.717, 1.165) is 60.9 Å². The summed E-state index contributed by atoms with van der Waals surface area (Å²) >= 11 is 13.3. The van der Waals surface area contributed by atoms with Crippen molar-refractivity contribution in [1.82, 2.24) is 19.2 Å². The number of halogens is 2. The molecule has 6 rings (SSSR count). The molecule has 11 heteroatoms. The number of carboxylic acids is 1. The summed E-state index contributed by atoms with van der Waals surface area (Å²) in [5, 5.41) is 16.2. The fraction of sp³-hybridized carbons (Fsp3) is 0.324. The number of hydrogen-bond donors (Lipinski definition) is 1. The Labute approximate surface area is 270 Å². The molecule has 4 heterocycles. The second-order valence-electron chi connectivity index (χ2n) is 11.6. The van der Waals surface area contributed by atoms with Crippen LogP contribution in [0, 0.1) is 27.7 Å². The summed E-state index contributed by atoms with van der Waals surface area (Å²) in [5.74, 6) is -0.273. The molecular formula is C34H34Cl2N4O5.